The molecule has 146 valence electrons. The molecule has 3 rings (SSSR count). The molecule has 1 fully saturated rings. The molecular formula is C20H30N6O. The van der Waals surface area contributed by atoms with E-state index in [1.165, 1.54) is 12.4 Å². The van der Waals surface area contributed by atoms with E-state index in [-0.39, 0.29) is 17.4 Å². The van der Waals surface area contributed by atoms with Crippen molar-refractivity contribution in [1.29, 1.82) is 0 Å². The van der Waals surface area contributed by atoms with Gasteiger partial charge < -0.3 is 10.6 Å². The molecule has 2 atom stereocenters. The van der Waals surface area contributed by atoms with E-state index in [1.54, 1.807) is 0 Å². The van der Waals surface area contributed by atoms with E-state index in [0.29, 0.717) is 18.9 Å². The molecule has 0 aliphatic carbocycles. The summed E-state index contributed by atoms with van der Waals surface area (Å²) < 4.78 is 1.97. The van der Waals surface area contributed by atoms with Gasteiger partial charge in [0, 0.05) is 18.5 Å². The van der Waals surface area contributed by atoms with Crippen LogP contribution in [0.25, 0.3) is 11.0 Å². The Morgan fingerprint density at radius 3 is 2.89 bits per heavy atom. The lowest BCUT2D eigenvalue weighted by molar-refractivity contribution is -0.125. The average Bonchev–Trinajstić information content (AvgIpc) is 3.31. The summed E-state index contributed by atoms with van der Waals surface area (Å²) >= 11 is 0. The highest BCUT2D eigenvalue weighted by Gasteiger charge is 2.35. The van der Waals surface area contributed by atoms with Crippen molar-refractivity contribution in [3.05, 3.63) is 24.7 Å². The zero-order chi connectivity index (χ0) is 19.6. The molecule has 3 heterocycles. The fourth-order valence-corrected chi connectivity index (χ4v) is 3.97. The lowest BCUT2D eigenvalue weighted by Crippen LogP contribution is -2.27. The van der Waals surface area contributed by atoms with Crippen LogP contribution in [0.1, 0.15) is 64.6 Å². The van der Waals surface area contributed by atoms with E-state index in [4.69, 9.17) is 10.8 Å². The van der Waals surface area contributed by atoms with Crippen LogP contribution in [0.15, 0.2) is 19.0 Å². The number of nitrogens with zero attached hydrogens (tertiary/aromatic N) is 5. The minimum Gasteiger partial charge on any atom is -0.383 e. The Balaban J connectivity index is 2.07. The molecule has 1 aliphatic rings. The molecule has 0 bridgehead atoms. The van der Waals surface area contributed by atoms with Crippen LogP contribution in [0, 0.1) is 0 Å². The molecule has 1 amide bonds. The van der Waals surface area contributed by atoms with Crippen LogP contribution in [0.2, 0.25) is 0 Å². The van der Waals surface area contributed by atoms with Gasteiger partial charge in [-0.25, -0.2) is 14.6 Å². The highest BCUT2D eigenvalue weighted by atomic mass is 16.2. The minimum absolute atomic E-state index is 0.0373. The highest BCUT2D eigenvalue weighted by molar-refractivity contribution is 5.89. The largest absolute Gasteiger partial charge is 0.383 e. The summed E-state index contributed by atoms with van der Waals surface area (Å²) in [6, 6.07) is 0.0896. The molecule has 1 unspecified atom stereocenters. The molecule has 7 heteroatoms. The van der Waals surface area contributed by atoms with Crippen LogP contribution in [0.5, 0.6) is 0 Å². The van der Waals surface area contributed by atoms with Crippen LogP contribution in [-0.4, -0.2) is 43.6 Å². The second kappa shape index (κ2) is 7.66. The van der Waals surface area contributed by atoms with Gasteiger partial charge in [0.05, 0.1) is 17.1 Å². The van der Waals surface area contributed by atoms with Gasteiger partial charge in [0.1, 0.15) is 12.1 Å². The number of nitrogen functional groups attached to an aromatic ring is 1. The van der Waals surface area contributed by atoms with Gasteiger partial charge >= 0.3 is 0 Å². The first kappa shape index (κ1) is 19.3. The Labute approximate surface area is 160 Å². The van der Waals surface area contributed by atoms with Crippen molar-refractivity contribution in [1.82, 2.24) is 24.6 Å². The van der Waals surface area contributed by atoms with E-state index in [9.17, 15) is 4.79 Å². The predicted molar refractivity (Wildman–Crippen MR) is 107 cm³/mol. The van der Waals surface area contributed by atoms with Crippen molar-refractivity contribution >= 4 is 22.8 Å². The zero-order valence-corrected chi connectivity index (χ0v) is 16.6. The number of amides is 1. The number of hydrogen-bond donors (Lipinski definition) is 1. The maximum Gasteiger partial charge on any atom is 0.246 e. The van der Waals surface area contributed by atoms with Crippen molar-refractivity contribution in [2.24, 2.45) is 0 Å². The van der Waals surface area contributed by atoms with Gasteiger partial charge in [0.2, 0.25) is 5.91 Å². The van der Waals surface area contributed by atoms with Gasteiger partial charge in [-0.1, -0.05) is 40.2 Å². The SMILES string of the molecule is C=CC(=O)N1CC[C@@H](n2nc(C(C)(CC)CCCC)c3c(N)ncnc32)C1. The quantitative estimate of drug-likeness (QED) is 0.756. The average molecular weight is 371 g/mol. The molecule has 2 N–H and O–H groups in total. The fourth-order valence-electron chi connectivity index (χ4n) is 3.97. The molecule has 2 aromatic rings. The molecule has 1 aliphatic heterocycles. The molecule has 0 saturated carbocycles. The topological polar surface area (TPSA) is 89.9 Å². The molecule has 0 spiro atoms. The first-order chi connectivity index (χ1) is 12.9. The van der Waals surface area contributed by atoms with Crippen LogP contribution >= 0.6 is 0 Å². The molecule has 1 saturated heterocycles. The van der Waals surface area contributed by atoms with Crippen molar-refractivity contribution in [3.63, 3.8) is 0 Å². The number of fused-ring (bicyclic) bond motifs is 1. The van der Waals surface area contributed by atoms with Crippen LogP contribution in [0.4, 0.5) is 5.82 Å². The number of anilines is 1. The van der Waals surface area contributed by atoms with Crippen molar-refractivity contribution in [2.45, 2.75) is 64.3 Å². The maximum atomic E-state index is 12.0. The number of unbranched alkanes of at least 4 members (excludes halogenated alkanes) is 1. The lowest BCUT2D eigenvalue weighted by Gasteiger charge is -2.26. The number of hydrogen-bond acceptors (Lipinski definition) is 5. The monoisotopic (exact) mass is 370 g/mol. The van der Waals surface area contributed by atoms with Gasteiger partial charge in [-0.05, 0) is 25.3 Å². The van der Waals surface area contributed by atoms with Crippen molar-refractivity contribution in [3.8, 4) is 0 Å². The Kier molecular flexibility index (Phi) is 5.48. The normalized spacial score (nSPS) is 19.4. The van der Waals surface area contributed by atoms with E-state index in [0.717, 1.165) is 48.8 Å². The number of aromatic nitrogens is 4. The molecule has 0 aromatic carbocycles. The van der Waals surface area contributed by atoms with Gasteiger partial charge in [-0.3, -0.25) is 4.79 Å². The Bertz CT molecular complexity index is 844. The molecule has 7 nitrogen and oxygen atoms in total. The first-order valence-corrected chi connectivity index (χ1v) is 9.85. The Morgan fingerprint density at radius 1 is 1.44 bits per heavy atom. The van der Waals surface area contributed by atoms with E-state index in [1.807, 2.05) is 9.58 Å². The summed E-state index contributed by atoms with van der Waals surface area (Å²) in [5, 5.41) is 5.89. The number of carbonyl (C=O) groups excluding carboxylic acids is 1. The van der Waals surface area contributed by atoms with E-state index < -0.39 is 0 Å². The summed E-state index contributed by atoms with van der Waals surface area (Å²) in [5.41, 5.74) is 7.94. The van der Waals surface area contributed by atoms with Gasteiger partial charge in [-0.15, -0.1) is 0 Å². The number of likely N-dealkylation sites (tertiary alicyclic amines) is 1. The minimum atomic E-state index is -0.0758. The van der Waals surface area contributed by atoms with Crippen molar-refractivity contribution in [2.75, 3.05) is 18.8 Å². The summed E-state index contributed by atoms with van der Waals surface area (Å²) in [6.07, 6.45) is 8.01. The number of nitrogens with two attached hydrogens (primary N) is 1. The van der Waals surface area contributed by atoms with Crippen LogP contribution in [-0.2, 0) is 10.2 Å². The molecule has 27 heavy (non-hydrogen) atoms. The Hall–Kier alpha value is -2.44. The van der Waals surface area contributed by atoms with Gasteiger partial charge in [-0.2, -0.15) is 5.10 Å². The Morgan fingerprint density at radius 2 is 2.22 bits per heavy atom. The highest BCUT2D eigenvalue weighted by Crippen LogP contribution is 2.39. The standard InChI is InChI=1S/C20H30N6O/c1-5-8-10-20(4,7-3)17-16-18(21)22-13-23-19(16)26(24-17)14-9-11-25(12-14)15(27)6-2/h6,13-14H,2,5,7-12H2,1,3-4H3,(H2,21,22,23)/t14-,20?/m1/s1. The van der Waals surface area contributed by atoms with Gasteiger partial charge in [0.25, 0.3) is 0 Å². The second-order valence-corrected chi connectivity index (χ2v) is 7.70. The van der Waals surface area contributed by atoms with Crippen molar-refractivity contribution < 1.29 is 4.79 Å². The van der Waals surface area contributed by atoms with Crippen LogP contribution in [0.3, 0.4) is 0 Å². The van der Waals surface area contributed by atoms with E-state index >= 15 is 0 Å². The third-order valence-electron chi connectivity index (χ3n) is 5.95. The predicted octanol–water partition coefficient (Wildman–Crippen LogP) is 3.23. The summed E-state index contributed by atoms with van der Waals surface area (Å²) in [5.74, 6) is 0.444. The number of rotatable bonds is 7. The summed E-state index contributed by atoms with van der Waals surface area (Å²) in [7, 11) is 0. The number of carbonyl (C=O) groups is 1. The van der Waals surface area contributed by atoms with Crippen LogP contribution < -0.4 is 5.73 Å². The third-order valence-corrected chi connectivity index (χ3v) is 5.95. The summed E-state index contributed by atoms with van der Waals surface area (Å²) in [4.78, 5) is 22.5. The third kappa shape index (κ3) is 3.42. The summed E-state index contributed by atoms with van der Waals surface area (Å²) in [6.45, 7) is 11.6. The second-order valence-electron chi connectivity index (χ2n) is 7.70. The van der Waals surface area contributed by atoms with Gasteiger partial charge in [0.15, 0.2) is 5.65 Å². The van der Waals surface area contributed by atoms with E-state index in [2.05, 4.69) is 37.3 Å². The fraction of sp³-hybridized carbons (Fsp3) is 0.600. The smallest absolute Gasteiger partial charge is 0.246 e. The zero-order valence-electron chi connectivity index (χ0n) is 16.6. The molecular weight excluding hydrogens is 340 g/mol. The lowest BCUT2D eigenvalue weighted by atomic mass is 9.78. The molecule has 2 aromatic heterocycles. The maximum absolute atomic E-state index is 12.0. The molecule has 0 radical (unpaired) electrons. The first-order valence-electron chi connectivity index (χ1n) is 9.85.